The van der Waals surface area contributed by atoms with Crippen LogP contribution in [0.1, 0.15) is 10.6 Å². The lowest BCUT2D eigenvalue weighted by Gasteiger charge is -2.30. The van der Waals surface area contributed by atoms with Gasteiger partial charge in [0.2, 0.25) is 5.91 Å². The van der Waals surface area contributed by atoms with Crippen LogP contribution in [0.2, 0.25) is 0 Å². The quantitative estimate of drug-likeness (QED) is 0.815. The van der Waals surface area contributed by atoms with E-state index in [1.165, 1.54) is 0 Å². The first kappa shape index (κ1) is 16.0. The number of nitrogens with zero attached hydrogens (tertiary/aromatic N) is 2. The Bertz CT molecular complexity index is 645. The van der Waals surface area contributed by atoms with Gasteiger partial charge in [-0.2, -0.15) is 0 Å². The van der Waals surface area contributed by atoms with Gasteiger partial charge in [-0.15, -0.1) is 11.3 Å². The number of ether oxygens (including phenoxy) is 2. The van der Waals surface area contributed by atoms with Gasteiger partial charge in [0, 0.05) is 25.2 Å². The number of thiazole rings is 1. The molecule has 1 aliphatic heterocycles. The largest absolute Gasteiger partial charge is 0.492 e. The van der Waals surface area contributed by atoms with E-state index in [9.17, 15) is 4.79 Å². The van der Waals surface area contributed by atoms with Crippen LogP contribution in [0.3, 0.4) is 0 Å². The summed E-state index contributed by atoms with van der Waals surface area (Å²) in [5.74, 6) is 0.841. The number of methoxy groups -OCH3 is 1. The van der Waals surface area contributed by atoms with Crippen LogP contribution in [0.15, 0.2) is 35.8 Å². The monoisotopic (exact) mass is 332 g/mol. The third-order valence-electron chi connectivity index (χ3n) is 3.91. The summed E-state index contributed by atoms with van der Waals surface area (Å²) in [6.45, 7) is 2.03. The van der Waals surface area contributed by atoms with Crippen molar-refractivity contribution >= 4 is 17.2 Å². The molecule has 0 saturated heterocycles. The first-order valence-electron chi connectivity index (χ1n) is 7.64. The van der Waals surface area contributed by atoms with Gasteiger partial charge in [-0.25, -0.2) is 4.98 Å². The summed E-state index contributed by atoms with van der Waals surface area (Å²) in [5, 5.41) is 2.86. The van der Waals surface area contributed by atoms with Gasteiger partial charge in [-0.3, -0.25) is 4.79 Å². The van der Waals surface area contributed by atoms with E-state index in [2.05, 4.69) is 4.98 Å². The molecule has 6 heteroatoms. The molecule has 3 rings (SSSR count). The fourth-order valence-electron chi connectivity index (χ4n) is 2.71. The molecule has 1 aromatic heterocycles. The molecule has 0 unspecified atom stereocenters. The summed E-state index contributed by atoms with van der Waals surface area (Å²) in [5.41, 5.74) is 1.10. The van der Waals surface area contributed by atoms with Crippen molar-refractivity contribution in [2.75, 3.05) is 26.9 Å². The molecule has 2 heterocycles. The van der Waals surface area contributed by atoms with Crippen LogP contribution in [0.5, 0.6) is 5.75 Å². The topological polar surface area (TPSA) is 51.7 Å². The maximum absolute atomic E-state index is 12.9. The lowest BCUT2D eigenvalue weighted by atomic mass is 9.95. The minimum atomic E-state index is -0.151. The summed E-state index contributed by atoms with van der Waals surface area (Å²) in [4.78, 5) is 19.0. The Morgan fingerprint density at radius 2 is 2.35 bits per heavy atom. The zero-order valence-corrected chi connectivity index (χ0v) is 13.9. The summed E-state index contributed by atoms with van der Waals surface area (Å²) in [7, 11) is 1.64. The molecule has 5 nitrogen and oxygen atoms in total. The molecule has 122 valence electrons. The molecule has 0 bridgehead atoms. The Morgan fingerprint density at radius 3 is 3.13 bits per heavy atom. The van der Waals surface area contributed by atoms with Crippen LogP contribution < -0.4 is 4.74 Å². The van der Waals surface area contributed by atoms with Gasteiger partial charge in [0.05, 0.1) is 19.1 Å². The molecule has 0 fully saturated rings. The van der Waals surface area contributed by atoms with Crippen LogP contribution in [-0.2, 0) is 22.5 Å². The van der Waals surface area contributed by atoms with E-state index in [0.29, 0.717) is 26.3 Å². The molecule has 0 radical (unpaired) electrons. The van der Waals surface area contributed by atoms with Crippen molar-refractivity contribution in [2.45, 2.75) is 13.0 Å². The molecule has 0 aliphatic carbocycles. The van der Waals surface area contributed by atoms with Crippen LogP contribution in [-0.4, -0.2) is 42.7 Å². The highest BCUT2D eigenvalue weighted by Crippen LogP contribution is 2.28. The average molecular weight is 332 g/mol. The number of amides is 1. The maximum Gasteiger partial charge on any atom is 0.229 e. The Kier molecular flexibility index (Phi) is 5.25. The molecule has 0 spiro atoms. The molecule has 1 aromatic carbocycles. The van der Waals surface area contributed by atoms with Crippen LogP contribution in [0.25, 0.3) is 0 Å². The lowest BCUT2D eigenvalue weighted by Crippen LogP contribution is -2.41. The van der Waals surface area contributed by atoms with Gasteiger partial charge in [0.15, 0.2) is 0 Å². The minimum absolute atomic E-state index is 0.103. The second-order valence-electron chi connectivity index (χ2n) is 5.50. The third kappa shape index (κ3) is 3.89. The lowest BCUT2D eigenvalue weighted by molar-refractivity contribution is -0.138. The second-order valence-corrected chi connectivity index (χ2v) is 6.48. The molecule has 1 atom stereocenters. The highest BCUT2D eigenvalue weighted by Gasteiger charge is 2.29. The SMILES string of the molecule is COCCN(Cc1nccs1)C(=O)[C@@H]1COc2ccccc2C1. The van der Waals surface area contributed by atoms with E-state index in [4.69, 9.17) is 9.47 Å². The molecule has 23 heavy (non-hydrogen) atoms. The number of benzene rings is 1. The first-order chi connectivity index (χ1) is 11.3. The first-order valence-corrected chi connectivity index (χ1v) is 8.52. The number of hydrogen-bond acceptors (Lipinski definition) is 5. The zero-order chi connectivity index (χ0) is 16.1. The van der Waals surface area contributed by atoms with Crippen molar-refractivity contribution in [3.8, 4) is 5.75 Å². The van der Waals surface area contributed by atoms with Crippen molar-refractivity contribution < 1.29 is 14.3 Å². The van der Waals surface area contributed by atoms with Crippen molar-refractivity contribution in [2.24, 2.45) is 5.92 Å². The third-order valence-corrected chi connectivity index (χ3v) is 4.68. The van der Waals surface area contributed by atoms with E-state index in [1.807, 2.05) is 34.5 Å². The fraction of sp³-hybridized carbons (Fsp3) is 0.412. The van der Waals surface area contributed by atoms with Gasteiger partial charge >= 0.3 is 0 Å². The highest BCUT2D eigenvalue weighted by atomic mass is 32.1. The van der Waals surface area contributed by atoms with E-state index in [0.717, 1.165) is 22.7 Å². The predicted molar refractivity (Wildman–Crippen MR) is 88.5 cm³/mol. The second kappa shape index (κ2) is 7.57. The van der Waals surface area contributed by atoms with Gasteiger partial charge in [0.1, 0.15) is 17.4 Å². The minimum Gasteiger partial charge on any atom is -0.492 e. The average Bonchev–Trinajstić information content (AvgIpc) is 3.10. The number of para-hydroxylation sites is 1. The van der Waals surface area contributed by atoms with Crippen molar-refractivity contribution in [1.29, 1.82) is 0 Å². The maximum atomic E-state index is 12.9. The molecular formula is C17H20N2O3S. The Balaban J connectivity index is 1.70. The molecule has 0 saturated carbocycles. The number of rotatable bonds is 6. The molecule has 2 aromatic rings. The van der Waals surface area contributed by atoms with E-state index < -0.39 is 0 Å². The normalized spacial score (nSPS) is 16.5. The summed E-state index contributed by atoms with van der Waals surface area (Å²) in [6.07, 6.45) is 2.48. The smallest absolute Gasteiger partial charge is 0.229 e. The van der Waals surface area contributed by atoms with Crippen molar-refractivity contribution in [3.05, 3.63) is 46.4 Å². The van der Waals surface area contributed by atoms with Gasteiger partial charge < -0.3 is 14.4 Å². The summed E-state index contributed by atoms with van der Waals surface area (Å²) in [6, 6.07) is 7.91. The molecule has 1 aliphatic rings. The number of hydrogen-bond donors (Lipinski definition) is 0. The Labute approximate surface area is 139 Å². The van der Waals surface area contributed by atoms with Crippen LogP contribution in [0.4, 0.5) is 0 Å². The standard InChI is InChI=1S/C17H20N2O3S/c1-21-8-7-19(11-16-18-6-9-23-16)17(20)14-10-13-4-2-3-5-15(13)22-12-14/h2-6,9,14H,7-8,10-12H2,1H3/t14-/m0/s1. The number of fused-ring (bicyclic) bond motifs is 1. The van der Waals surface area contributed by atoms with Crippen LogP contribution >= 0.6 is 11.3 Å². The van der Waals surface area contributed by atoms with Gasteiger partial charge in [-0.05, 0) is 18.1 Å². The Morgan fingerprint density at radius 1 is 1.48 bits per heavy atom. The number of carbonyl (C=O) groups is 1. The van der Waals surface area contributed by atoms with Gasteiger partial charge in [0.25, 0.3) is 0 Å². The van der Waals surface area contributed by atoms with Gasteiger partial charge in [-0.1, -0.05) is 18.2 Å². The fourth-order valence-corrected chi connectivity index (χ4v) is 3.34. The van der Waals surface area contributed by atoms with Crippen molar-refractivity contribution in [1.82, 2.24) is 9.88 Å². The molecule has 0 N–H and O–H groups in total. The summed E-state index contributed by atoms with van der Waals surface area (Å²) < 4.78 is 10.9. The van der Waals surface area contributed by atoms with E-state index in [1.54, 1.807) is 24.6 Å². The highest BCUT2D eigenvalue weighted by molar-refractivity contribution is 7.09. The van der Waals surface area contributed by atoms with Crippen molar-refractivity contribution in [3.63, 3.8) is 0 Å². The molecule has 1 amide bonds. The van der Waals surface area contributed by atoms with E-state index in [-0.39, 0.29) is 11.8 Å². The van der Waals surface area contributed by atoms with Crippen LogP contribution in [0, 0.1) is 5.92 Å². The number of aromatic nitrogens is 1. The van der Waals surface area contributed by atoms with E-state index >= 15 is 0 Å². The summed E-state index contributed by atoms with van der Waals surface area (Å²) >= 11 is 1.56. The Hall–Kier alpha value is -1.92. The predicted octanol–water partition coefficient (Wildman–Crippen LogP) is 2.37. The zero-order valence-electron chi connectivity index (χ0n) is 13.1. The molecular weight excluding hydrogens is 312 g/mol. The number of carbonyl (C=O) groups excluding carboxylic acids is 1.